The van der Waals surface area contributed by atoms with Gasteiger partial charge in [0.1, 0.15) is 29.3 Å². The second kappa shape index (κ2) is 5.97. The van der Waals surface area contributed by atoms with Crippen LogP contribution < -0.4 is 15.1 Å². The summed E-state index contributed by atoms with van der Waals surface area (Å²) in [6.45, 7) is 5.53. The lowest BCUT2D eigenvalue weighted by atomic mass is 9.91. The van der Waals surface area contributed by atoms with Gasteiger partial charge in [0.05, 0.1) is 10.9 Å². The molecule has 4 rings (SSSR count). The molecule has 2 aromatic rings. The van der Waals surface area contributed by atoms with Crippen LogP contribution >= 0.6 is 0 Å². The smallest absolute Gasteiger partial charge is 0.372 e. The second-order valence-electron chi connectivity index (χ2n) is 6.67. The first-order valence-corrected chi connectivity index (χ1v) is 8.86. The Kier molecular flexibility index (Phi) is 3.86. The van der Waals surface area contributed by atoms with Crippen LogP contribution in [0.15, 0.2) is 15.3 Å². The Balaban J connectivity index is 2.20. The van der Waals surface area contributed by atoms with Crippen LogP contribution in [0.5, 0.6) is 11.5 Å². The van der Waals surface area contributed by atoms with E-state index in [-0.39, 0.29) is 47.5 Å². The van der Waals surface area contributed by atoms with Crippen LogP contribution in [0.2, 0.25) is 0 Å². The SMILES string of the molecule is CCc1c(F)c(=O)oc2c3c(c4c(c12)OC(CC)C=C4)OC(C)CC3=O. The van der Waals surface area contributed by atoms with Crippen LogP contribution in [-0.4, -0.2) is 18.0 Å². The van der Waals surface area contributed by atoms with Crippen molar-refractivity contribution in [3.8, 4) is 11.5 Å². The highest BCUT2D eigenvalue weighted by molar-refractivity contribution is 6.13. The van der Waals surface area contributed by atoms with Gasteiger partial charge in [-0.1, -0.05) is 13.8 Å². The summed E-state index contributed by atoms with van der Waals surface area (Å²) in [4.78, 5) is 24.7. The molecule has 2 unspecified atom stereocenters. The van der Waals surface area contributed by atoms with Crippen molar-refractivity contribution in [3.63, 3.8) is 0 Å². The molecule has 26 heavy (non-hydrogen) atoms. The molecule has 0 spiro atoms. The van der Waals surface area contributed by atoms with E-state index in [0.717, 1.165) is 6.42 Å². The molecule has 1 aromatic heterocycles. The number of benzene rings is 1. The fourth-order valence-corrected chi connectivity index (χ4v) is 3.65. The number of ether oxygens (including phenoxy) is 2. The number of hydrogen-bond acceptors (Lipinski definition) is 5. The van der Waals surface area contributed by atoms with E-state index in [1.807, 2.05) is 19.1 Å². The second-order valence-corrected chi connectivity index (χ2v) is 6.67. The number of ketones is 1. The van der Waals surface area contributed by atoms with E-state index in [2.05, 4.69) is 0 Å². The molecule has 0 fully saturated rings. The largest absolute Gasteiger partial charge is 0.489 e. The summed E-state index contributed by atoms with van der Waals surface area (Å²) in [5.74, 6) is -0.367. The van der Waals surface area contributed by atoms with Crippen LogP contribution in [-0.2, 0) is 6.42 Å². The van der Waals surface area contributed by atoms with Gasteiger partial charge in [-0.2, -0.15) is 4.39 Å². The van der Waals surface area contributed by atoms with E-state index in [1.54, 1.807) is 13.8 Å². The molecule has 0 aliphatic carbocycles. The summed E-state index contributed by atoms with van der Waals surface area (Å²) in [6.07, 6.45) is 4.43. The standard InChI is InChI=1S/C20H19FO5/c1-4-10-6-7-12-17(25-10)14-11(5-2)16(21)20(23)26-19(14)15-13(22)8-9(3)24-18(12)15/h6-7,9-10H,4-5,8H2,1-3H3. The van der Waals surface area contributed by atoms with Crippen molar-refractivity contribution in [2.24, 2.45) is 0 Å². The van der Waals surface area contributed by atoms with Gasteiger partial charge in [-0.25, -0.2) is 4.79 Å². The quantitative estimate of drug-likeness (QED) is 0.758. The van der Waals surface area contributed by atoms with Gasteiger partial charge in [-0.05, 0) is 31.9 Å². The van der Waals surface area contributed by atoms with E-state index in [4.69, 9.17) is 13.9 Å². The topological polar surface area (TPSA) is 65.7 Å². The van der Waals surface area contributed by atoms with Crippen molar-refractivity contribution in [2.75, 3.05) is 0 Å². The number of Topliss-reactive ketones (excluding diaryl/α,β-unsaturated/α-hetero) is 1. The Morgan fingerprint density at radius 1 is 1.19 bits per heavy atom. The predicted octanol–water partition coefficient (Wildman–Crippen LogP) is 4.03. The number of carbonyl (C=O) groups is 1. The first kappa shape index (κ1) is 16.8. The summed E-state index contributed by atoms with van der Waals surface area (Å²) >= 11 is 0. The van der Waals surface area contributed by atoms with Crippen molar-refractivity contribution in [2.45, 2.75) is 52.2 Å². The molecular weight excluding hydrogens is 339 g/mol. The van der Waals surface area contributed by atoms with Gasteiger partial charge >= 0.3 is 5.63 Å². The predicted molar refractivity (Wildman–Crippen MR) is 94.6 cm³/mol. The molecule has 0 bridgehead atoms. The highest BCUT2D eigenvalue weighted by Gasteiger charge is 2.35. The number of rotatable bonds is 2. The van der Waals surface area contributed by atoms with Crippen molar-refractivity contribution in [3.05, 3.63) is 39.0 Å². The van der Waals surface area contributed by atoms with Gasteiger partial charge in [-0.15, -0.1) is 0 Å². The molecular formula is C20H19FO5. The number of fused-ring (bicyclic) bond motifs is 6. The maximum atomic E-state index is 14.5. The van der Waals surface area contributed by atoms with Gasteiger partial charge in [0.15, 0.2) is 11.4 Å². The third-order valence-corrected chi connectivity index (χ3v) is 4.91. The zero-order valence-electron chi connectivity index (χ0n) is 14.8. The van der Waals surface area contributed by atoms with Gasteiger partial charge in [0.2, 0.25) is 5.82 Å². The summed E-state index contributed by atoms with van der Waals surface area (Å²) in [6, 6.07) is 0. The zero-order valence-corrected chi connectivity index (χ0v) is 14.8. The van der Waals surface area contributed by atoms with Gasteiger partial charge < -0.3 is 13.9 Å². The van der Waals surface area contributed by atoms with Crippen molar-refractivity contribution in [1.29, 1.82) is 0 Å². The minimum Gasteiger partial charge on any atom is -0.489 e. The first-order chi connectivity index (χ1) is 12.5. The van der Waals surface area contributed by atoms with Gasteiger partial charge in [0.25, 0.3) is 0 Å². The van der Waals surface area contributed by atoms with Crippen LogP contribution in [0.1, 0.15) is 55.1 Å². The Morgan fingerprint density at radius 3 is 2.65 bits per heavy atom. The van der Waals surface area contributed by atoms with Crippen LogP contribution in [0.25, 0.3) is 17.0 Å². The van der Waals surface area contributed by atoms with E-state index >= 15 is 0 Å². The fourth-order valence-electron chi connectivity index (χ4n) is 3.65. The zero-order chi connectivity index (χ0) is 18.6. The minimum atomic E-state index is -1.08. The molecule has 2 aliphatic heterocycles. The maximum Gasteiger partial charge on any atom is 0.372 e. The lowest BCUT2D eigenvalue weighted by molar-refractivity contribution is 0.0870. The average molecular weight is 358 g/mol. The molecule has 0 saturated carbocycles. The van der Waals surface area contributed by atoms with Crippen LogP contribution in [0, 0.1) is 5.82 Å². The molecule has 1 aromatic carbocycles. The summed E-state index contributed by atoms with van der Waals surface area (Å²) in [5, 5.41) is 0.354. The minimum absolute atomic E-state index is 0.0593. The van der Waals surface area contributed by atoms with Crippen LogP contribution in [0.3, 0.4) is 0 Å². The molecule has 0 radical (unpaired) electrons. The van der Waals surface area contributed by atoms with Gasteiger partial charge in [-0.3, -0.25) is 4.79 Å². The lowest BCUT2D eigenvalue weighted by Crippen LogP contribution is -2.27. The van der Waals surface area contributed by atoms with E-state index in [0.29, 0.717) is 22.4 Å². The first-order valence-electron chi connectivity index (χ1n) is 8.86. The monoisotopic (exact) mass is 358 g/mol. The Morgan fingerprint density at radius 2 is 1.96 bits per heavy atom. The highest BCUT2D eigenvalue weighted by atomic mass is 19.1. The third kappa shape index (κ3) is 2.28. The van der Waals surface area contributed by atoms with Gasteiger partial charge in [0, 0.05) is 12.0 Å². The van der Waals surface area contributed by atoms with Crippen molar-refractivity contribution >= 4 is 22.8 Å². The molecule has 0 N–H and O–H groups in total. The molecule has 0 saturated heterocycles. The molecule has 2 atom stereocenters. The van der Waals surface area contributed by atoms with E-state index in [9.17, 15) is 14.0 Å². The summed E-state index contributed by atoms with van der Waals surface area (Å²) < 4.78 is 31.7. The number of carbonyl (C=O) groups excluding carboxylic acids is 1. The average Bonchev–Trinajstić information content (AvgIpc) is 2.62. The summed E-state index contributed by atoms with van der Waals surface area (Å²) in [5.41, 5.74) is -0.0239. The molecule has 3 heterocycles. The Hall–Kier alpha value is -2.63. The van der Waals surface area contributed by atoms with Crippen molar-refractivity contribution < 1.29 is 23.1 Å². The van der Waals surface area contributed by atoms with Crippen LogP contribution in [0.4, 0.5) is 4.39 Å². The summed E-state index contributed by atoms with van der Waals surface area (Å²) in [7, 11) is 0. The maximum absolute atomic E-state index is 14.5. The number of halogens is 1. The lowest BCUT2D eigenvalue weighted by Gasteiger charge is -2.30. The molecule has 2 aliphatic rings. The fraction of sp³-hybridized carbons (Fsp3) is 0.400. The Labute approximate surface area is 149 Å². The normalized spacial score (nSPS) is 21.2. The number of hydrogen-bond donors (Lipinski definition) is 0. The molecule has 136 valence electrons. The van der Waals surface area contributed by atoms with E-state index in [1.165, 1.54) is 0 Å². The van der Waals surface area contributed by atoms with E-state index < -0.39 is 11.4 Å². The molecule has 6 heteroatoms. The number of aryl methyl sites for hydroxylation is 1. The molecule has 5 nitrogen and oxygen atoms in total. The highest BCUT2D eigenvalue weighted by Crippen LogP contribution is 2.47. The Bertz CT molecular complexity index is 1020. The third-order valence-electron chi connectivity index (χ3n) is 4.91. The van der Waals surface area contributed by atoms with Crippen molar-refractivity contribution in [1.82, 2.24) is 0 Å². The molecule has 0 amide bonds.